The highest BCUT2D eigenvalue weighted by Crippen LogP contribution is 2.35. The molecule has 0 aliphatic rings. The van der Waals surface area contributed by atoms with E-state index in [1.54, 1.807) is 6.92 Å². The molecule has 0 radical (unpaired) electrons. The fourth-order valence-electron chi connectivity index (χ4n) is 3.82. The predicted molar refractivity (Wildman–Crippen MR) is 154 cm³/mol. The zero-order chi connectivity index (χ0) is 31.5. The van der Waals surface area contributed by atoms with Crippen molar-refractivity contribution in [2.45, 2.75) is 104 Å². The van der Waals surface area contributed by atoms with Crippen molar-refractivity contribution in [3.05, 3.63) is 23.8 Å². The molecule has 0 fully saturated rings. The number of carbonyl (C=O) groups is 4. The van der Waals surface area contributed by atoms with Crippen LogP contribution in [0.4, 0.5) is 14.4 Å². The van der Waals surface area contributed by atoms with E-state index in [1.165, 1.54) is 18.2 Å². The van der Waals surface area contributed by atoms with E-state index in [0.29, 0.717) is 30.7 Å². The molecule has 0 saturated carbocycles. The summed E-state index contributed by atoms with van der Waals surface area (Å²) in [5.74, 6) is -2.17. The molecular formula is C30H47NO11. The van der Waals surface area contributed by atoms with Gasteiger partial charge in [-0.1, -0.05) is 59.4 Å². The summed E-state index contributed by atoms with van der Waals surface area (Å²) in [4.78, 5) is 48.6. The van der Waals surface area contributed by atoms with E-state index in [0.717, 1.165) is 25.7 Å². The third kappa shape index (κ3) is 14.9. The lowest BCUT2D eigenvalue weighted by Crippen LogP contribution is -2.38. The highest BCUT2D eigenvalue weighted by atomic mass is 16.7. The average molecular weight is 598 g/mol. The highest BCUT2D eigenvalue weighted by molar-refractivity contribution is 5.75. The number of rotatable bonds is 19. The van der Waals surface area contributed by atoms with E-state index in [4.69, 9.17) is 34.2 Å². The van der Waals surface area contributed by atoms with E-state index < -0.39 is 42.5 Å². The summed E-state index contributed by atoms with van der Waals surface area (Å²) in [6.45, 7) is 10.1. The van der Waals surface area contributed by atoms with Crippen LogP contribution in [0.25, 0.3) is 0 Å². The van der Waals surface area contributed by atoms with Crippen LogP contribution in [0, 0.1) is 5.92 Å². The Morgan fingerprint density at radius 3 is 1.86 bits per heavy atom. The SMILES string of the molecule is CCCCCOC(=O)Oc1ccc(C(CC(C)OC(=O)OCCC(C)C)[C@H](N)C(=O)O)cc1OC(=O)OCCCCC. The molecule has 1 aromatic rings. The second kappa shape index (κ2) is 20.4. The average Bonchev–Trinajstić information content (AvgIpc) is 2.92. The molecule has 0 saturated heterocycles. The van der Waals surface area contributed by atoms with Crippen LogP contribution < -0.4 is 15.2 Å². The first-order chi connectivity index (χ1) is 20.0. The minimum absolute atomic E-state index is 0.00727. The van der Waals surface area contributed by atoms with Crippen LogP contribution in [0.3, 0.4) is 0 Å². The van der Waals surface area contributed by atoms with Gasteiger partial charge in [0.05, 0.1) is 19.8 Å². The molecule has 0 aromatic heterocycles. The van der Waals surface area contributed by atoms with E-state index in [1.807, 2.05) is 27.7 Å². The summed E-state index contributed by atoms with van der Waals surface area (Å²) >= 11 is 0. The van der Waals surface area contributed by atoms with Gasteiger partial charge >= 0.3 is 24.4 Å². The van der Waals surface area contributed by atoms with Crippen molar-refractivity contribution in [3.8, 4) is 11.5 Å². The quantitative estimate of drug-likeness (QED) is 0.0762. The van der Waals surface area contributed by atoms with Crippen LogP contribution >= 0.6 is 0 Å². The lowest BCUT2D eigenvalue weighted by molar-refractivity contribution is -0.139. The van der Waals surface area contributed by atoms with Gasteiger partial charge in [0.1, 0.15) is 12.1 Å². The molecule has 12 nitrogen and oxygen atoms in total. The minimum atomic E-state index is -1.41. The van der Waals surface area contributed by atoms with Gasteiger partial charge in [-0.05, 0) is 56.2 Å². The largest absolute Gasteiger partial charge is 0.513 e. The zero-order valence-corrected chi connectivity index (χ0v) is 25.4. The van der Waals surface area contributed by atoms with Gasteiger partial charge in [0, 0.05) is 5.92 Å². The maximum absolute atomic E-state index is 12.4. The molecular weight excluding hydrogens is 550 g/mol. The standard InChI is InChI=1S/C30H47NO11/c1-6-8-10-15-37-29(35)41-24-13-12-22(19-25(24)42-30(36)38-16-11-9-7-2)23(26(31)27(32)33)18-21(5)40-28(34)39-17-14-20(3)4/h12-13,19-21,23,26H,6-11,14-18,31H2,1-5H3,(H,32,33)/t21?,23?,26-/m0/s1. The minimum Gasteiger partial charge on any atom is -0.480 e. The normalized spacial score (nSPS) is 13.0. The van der Waals surface area contributed by atoms with Gasteiger partial charge in [0.2, 0.25) is 0 Å². The molecule has 0 spiro atoms. The highest BCUT2D eigenvalue weighted by Gasteiger charge is 2.30. The molecule has 1 aromatic carbocycles. The third-order valence-electron chi connectivity index (χ3n) is 6.24. The molecule has 0 amide bonds. The molecule has 0 aliphatic carbocycles. The van der Waals surface area contributed by atoms with E-state index in [2.05, 4.69) is 0 Å². The molecule has 0 bridgehead atoms. The number of aliphatic carboxylic acids is 1. The number of carboxylic acids is 1. The fraction of sp³-hybridized carbons (Fsp3) is 0.667. The third-order valence-corrected chi connectivity index (χ3v) is 6.24. The van der Waals surface area contributed by atoms with Crippen molar-refractivity contribution in [1.82, 2.24) is 0 Å². The predicted octanol–water partition coefficient (Wildman–Crippen LogP) is 6.57. The Bertz CT molecular complexity index is 982. The molecule has 0 heterocycles. The summed E-state index contributed by atoms with van der Waals surface area (Å²) in [5.41, 5.74) is 6.36. The second-order valence-electron chi connectivity index (χ2n) is 10.4. The number of ether oxygens (including phenoxy) is 6. The van der Waals surface area contributed by atoms with Crippen molar-refractivity contribution in [2.24, 2.45) is 11.7 Å². The van der Waals surface area contributed by atoms with Gasteiger partial charge in [-0.25, -0.2) is 14.4 Å². The zero-order valence-electron chi connectivity index (χ0n) is 25.4. The van der Waals surface area contributed by atoms with E-state index >= 15 is 0 Å². The first-order valence-electron chi connectivity index (χ1n) is 14.6. The van der Waals surface area contributed by atoms with Crippen molar-refractivity contribution < 1.29 is 52.7 Å². The van der Waals surface area contributed by atoms with Crippen LogP contribution in [-0.4, -0.2) is 61.5 Å². The molecule has 238 valence electrons. The molecule has 42 heavy (non-hydrogen) atoms. The molecule has 0 aliphatic heterocycles. The Morgan fingerprint density at radius 1 is 0.786 bits per heavy atom. The molecule has 2 unspecified atom stereocenters. The molecule has 12 heteroatoms. The number of carbonyl (C=O) groups excluding carboxylic acids is 3. The van der Waals surface area contributed by atoms with Crippen LogP contribution in [0.2, 0.25) is 0 Å². The first-order valence-corrected chi connectivity index (χ1v) is 14.6. The second-order valence-corrected chi connectivity index (χ2v) is 10.4. The summed E-state index contributed by atoms with van der Waals surface area (Å²) in [6, 6.07) is 2.77. The summed E-state index contributed by atoms with van der Waals surface area (Å²) in [5, 5.41) is 9.68. The summed E-state index contributed by atoms with van der Waals surface area (Å²) in [7, 11) is 0. The number of carboxylic acid groups (broad SMARTS) is 1. The van der Waals surface area contributed by atoms with E-state index in [-0.39, 0.29) is 37.7 Å². The van der Waals surface area contributed by atoms with Crippen molar-refractivity contribution in [2.75, 3.05) is 19.8 Å². The molecule has 3 N–H and O–H groups in total. The topological polar surface area (TPSA) is 170 Å². The molecule has 3 atom stereocenters. The fourth-order valence-corrected chi connectivity index (χ4v) is 3.82. The summed E-state index contributed by atoms with van der Waals surface area (Å²) in [6.07, 6.45) is 1.95. The van der Waals surface area contributed by atoms with Crippen LogP contribution in [0.15, 0.2) is 18.2 Å². The van der Waals surface area contributed by atoms with Crippen LogP contribution in [0.1, 0.15) is 97.5 Å². The number of hydrogen-bond donors (Lipinski definition) is 2. The monoisotopic (exact) mass is 597 g/mol. The van der Waals surface area contributed by atoms with E-state index in [9.17, 15) is 24.3 Å². The Labute approximate surface area is 248 Å². The van der Waals surface area contributed by atoms with Crippen molar-refractivity contribution in [1.29, 1.82) is 0 Å². The van der Waals surface area contributed by atoms with Gasteiger partial charge in [-0.2, -0.15) is 0 Å². The lowest BCUT2D eigenvalue weighted by atomic mass is 9.87. The number of benzene rings is 1. The maximum Gasteiger partial charge on any atom is 0.513 e. The van der Waals surface area contributed by atoms with Gasteiger partial charge < -0.3 is 39.3 Å². The Hall–Kier alpha value is -3.54. The van der Waals surface area contributed by atoms with Gasteiger partial charge in [-0.15, -0.1) is 0 Å². The Kier molecular flexibility index (Phi) is 17.7. The van der Waals surface area contributed by atoms with Crippen LogP contribution in [0.5, 0.6) is 11.5 Å². The smallest absolute Gasteiger partial charge is 0.480 e. The molecule has 1 rings (SSSR count). The van der Waals surface area contributed by atoms with Crippen LogP contribution in [-0.2, 0) is 23.7 Å². The Morgan fingerprint density at radius 2 is 1.33 bits per heavy atom. The lowest BCUT2D eigenvalue weighted by Gasteiger charge is -2.25. The number of hydrogen-bond acceptors (Lipinski definition) is 11. The number of nitrogens with two attached hydrogens (primary N) is 1. The maximum atomic E-state index is 12.4. The van der Waals surface area contributed by atoms with Gasteiger partial charge in [0.25, 0.3) is 0 Å². The van der Waals surface area contributed by atoms with Gasteiger partial charge in [0.15, 0.2) is 11.5 Å². The summed E-state index contributed by atoms with van der Waals surface area (Å²) < 4.78 is 31.2. The Balaban J connectivity index is 3.16. The number of unbranched alkanes of at least 4 members (excludes halogenated alkanes) is 4. The van der Waals surface area contributed by atoms with Crippen molar-refractivity contribution in [3.63, 3.8) is 0 Å². The van der Waals surface area contributed by atoms with Crippen molar-refractivity contribution >= 4 is 24.4 Å². The first kappa shape index (κ1) is 36.5. The van der Waals surface area contributed by atoms with Gasteiger partial charge in [-0.3, -0.25) is 4.79 Å².